The first kappa shape index (κ1) is 50.4. The van der Waals surface area contributed by atoms with Gasteiger partial charge in [-0.1, -0.05) is 202 Å². The molecule has 0 aromatic rings. The van der Waals surface area contributed by atoms with Crippen molar-refractivity contribution in [3.63, 3.8) is 0 Å². The van der Waals surface area contributed by atoms with Crippen molar-refractivity contribution in [2.45, 2.75) is 247 Å². The van der Waals surface area contributed by atoms with Gasteiger partial charge in [-0.3, -0.25) is 14.4 Å². The molecule has 0 heterocycles. The van der Waals surface area contributed by atoms with E-state index in [0.717, 1.165) is 75.5 Å². The van der Waals surface area contributed by atoms with Crippen LogP contribution in [0.2, 0.25) is 0 Å². The molecule has 308 valence electrons. The van der Waals surface area contributed by atoms with Gasteiger partial charge in [-0.05, 0) is 37.0 Å². The van der Waals surface area contributed by atoms with E-state index in [1.54, 1.807) is 0 Å². The lowest BCUT2D eigenvalue weighted by atomic mass is 10.0. The summed E-state index contributed by atoms with van der Waals surface area (Å²) in [5, 5.41) is 0. The fourth-order valence-electron chi connectivity index (χ4n) is 6.70. The van der Waals surface area contributed by atoms with Gasteiger partial charge in [0.25, 0.3) is 0 Å². The molecule has 0 aromatic carbocycles. The van der Waals surface area contributed by atoms with Crippen LogP contribution in [0.3, 0.4) is 0 Å². The number of esters is 3. The Kier molecular flexibility index (Phi) is 36.6. The lowest BCUT2D eigenvalue weighted by Gasteiger charge is -2.18. The monoisotopic (exact) mass is 737 g/mol. The smallest absolute Gasteiger partial charge is 0.306 e. The van der Waals surface area contributed by atoms with Gasteiger partial charge < -0.3 is 14.2 Å². The molecule has 6 heteroatoms. The van der Waals surface area contributed by atoms with E-state index in [2.05, 4.69) is 41.5 Å². The third-order valence-electron chi connectivity index (χ3n) is 10.1. The van der Waals surface area contributed by atoms with E-state index in [1.165, 1.54) is 122 Å². The summed E-state index contributed by atoms with van der Waals surface area (Å²) in [6, 6.07) is 0. The first-order valence-corrected chi connectivity index (χ1v) is 22.6. The summed E-state index contributed by atoms with van der Waals surface area (Å²) >= 11 is 0. The molecule has 0 radical (unpaired) electrons. The van der Waals surface area contributed by atoms with Crippen LogP contribution in [0.25, 0.3) is 0 Å². The van der Waals surface area contributed by atoms with Gasteiger partial charge in [0.2, 0.25) is 0 Å². The zero-order valence-electron chi connectivity index (χ0n) is 35.6. The van der Waals surface area contributed by atoms with Gasteiger partial charge in [0.1, 0.15) is 13.2 Å². The van der Waals surface area contributed by atoms with Crippen LogP contribution >= 0.6 is 0 Å². The third-order valence-corrected chi connectivity index (χ3v) is 10.1. The minimum absolute atomic E-state index is 0.0674. The number of hydrogen-bond acceptors (Lipinski definition) is 6. The molecule has 1 atom stereocenters. The van der Waals surface area contributed by atoms with Crippen LogP contribution in [0.5, 0.6) is 0 Å². The number of carbonyl (C=O) groups excluding carboxylic acids is 3. The van der Waals surface area contributed by atoms with Crippen LogP contribution in [0, 0.1) is 17.8 Å². The summed E-state index contributed by atoms with van der Waals surface area (Å²) in [4.78, 5) is 37.6. The normalized spacial score (nSPS) is 12.2. The van der Waals surface area contributed by atoms with Gasteiger partial charge in [0.05, 0.1) is 0 Å². The Labute approximate surface area is 323 Å². The number of rotatable bonds is 39. The van der Waals surface area contributed by atoms with Gasteiger partial charge >= 0.3 is 17.9 Å². The van der Waals surface area contributed by atoms with Crippen molar-refractivity contribution in [3.8, 4) is 0 Å². The fraction of sp³-hybridized carbons (Fsp3) is 0.935. The molecule has 0 rings (SSSR count). The Bertz CT molecular complexity index is 807. The number of carbonyl (C=O) groups is 3. The van der Waals surface area contributed by atoms with Gasteiger partial charge in [0, 0.05) is 19.3 Å². The van der Waals surface area contributed by atoms with Crippen LogP contribution in [0.4, 0.5) is 0 Å². The first-order chi connectivity index (χ1) is 25.1. The summed E-state index contributed by atoms with van der Waals surface area (Å²) in [6.07, 6.45) is 34.0. The molecule has 0 bridgehead atoms. The molecule has 0 unspecified atom stereocenters. The Morgan fingerprint density at radius 1 is 0.327 bits per heavy atom. The quantitative estimate of drug-likeness (QED) is 0.0355. The molecule has 52 heavy (non-hydrogen) atoms. The maximum absolute atomic E-state index is 12.7. The van der Waals surface area contributed by atoms with Gasteiger partial charge in [-0.25, -0.2) is 0 Å². The molecule has 0 spiro atoms. The van der Waals surface area contributed by atoms with Crippen LogP contribution in [-0.4, -0.2) is 37.2 Å². The standard InChI is InChI=1S/C46H88O6/c1-40(2)32-26-20-14-11-9-7-8-10-12-16-25-31-37-46(49)52-43(39-51-45(48)36-30-24-19-18-22-28-34-42(5)6)38-50-44(47)35-29-23-17-13-15-21-27-33-41(3)4/h40-43H,7-39H2,1-6H3/t43-/m0/s1. The summed E-state index contributed by atoms with van der Waals surface area (Å²) in [5.41, 5.74) is 0. The van der Waals surface area contributed by atoms with E-state index in [9.17, 15) is 14.4 Å². The van der Waals surface area contributed by atoms with Crippen molar-refractivity contribution in [2.75, 3.05) is 13.2 Å². The number of hydrogen-bond donors (Lipinski definition) is 0. The molecule has 6 nitrogen and oxygen atoms in total. The Morgan fingerprint density at radius 2 is 0.558 bits per heavy atom. The van der Waals surface area contributed by atoms with Crippen molar-refractivity contribution in [1.29, 1.82) is 0 Å². The van der Waals surface area contributed by atoms with Crippen LogP contribution in [0.1, 0.15) is 241 Å². The van der Waals surface area contributed by atoms with E-state index < -0.39 is 6.10 Å². The zero-order valence-corrected chi connectivity index (χ0v) is 35.6. The second kappa shape index (κ2) is 37.7. The van der Waals surface area contributed by atoms with E-state index >= 15 is 0 Å². The molecule has 0 saturated carbocycles. The second-order valence-electron chi connectivity index (χ2n) is 17.1. The molecule has 0 aromatic heterocycles. The van der Waals surface area contributed by atoms with Crippen molar-refractivity contribution < 1.29 is 28.6 Å². The predicted molar refractivity (Wildman–Crippen MR) is 219 cm³/mol. The topological polar surface area (TPSA) is 78.9 Å². The number of ether oxygens (including phenoxy) is 3. The zero-order chi connectivity index (χ0) is 38.5. The summed E-state index contributed by atoms with van der Waals surface area (Å²) in [7, 11) is 0. The molecule has 0 amide bonds. The summed E-state index contributed by atoms with van der Waals surface area (Å²) in [6.45, 7) is 13.6. The fourth-order valence-corrected chi connectivity index (χ4v) is 6.70. The van der Waals surface area contributed by atoms with Crippen molar-refractivity contribution in [1.82, 2.24) is 0 Å². The Morgan fingerprint density at radius 3 is 0.827 bits per heavy atom. The van der Waals surface area contributed by atoms with Gasteiger partial charge in [-0.15, -0.1) is 0 Å². The van der Waals surface area contributed by atoms with Crippen LogP contribution in [-0.2, 0) is 28.6 Å². The van der Waals surface area contributed by atoms with E-state index in [1.807, 2.05) is 0 Å². The second-order valence-corrected chi connectivity index (χ2v) is 17.1. The van der Waals surface area contributed by atoms with E-state index in [-0.39, 0.29) is 31.1 Å². The average Bonchev–Trinajstić information content (AvgIpc) is 3.09. The highest BCUT2D eigenvalue weighted by molar-refractivity contribution is 5.71. The third kappa shape index (κ3) is 39.6. The molecule has 0 aliphatic heterocycles. The van der Waals surface area contributed by atoms with Crippen molar-refractivity contribution >= 4 is 17.9 Å². The molecule has 0 N–H and O–H groups in total. The highest BCUT2D eigenvalue weighted by Crippen LogP contribution is 2.16. The minimum Gasteiger partial charge on any atom is -0.462 e. The van der Waals surface area contributed by atoms with Gasteiger partial charge in [-0.2, -0.15) is 0 Å². The minimum atomic E-state index is -0.762. The Hall–Kier alpha value is -1.59. The molecule has 0 fully saturated rings. The molecular formula is C46H88O6. The van der Waals surface area contributed by atoms with Crippen LogP contribution in [0.15, 0.2) is 0 Å². The largest absolute Gasteiger partial charge is 0.462 e. The highest BCUT2D eigenvalue weighted by Gasteiger charge is 2.19. The number of unbranched alkanes of at least 4 members (excludes halogenated alkanes) is 22. The van der Waals surface area contributed by atoms with Crippen molar-refractivity contribution in [3.05, 3.63) is 0 Å². The lowest BCUT2D eigenvalue weighted by molar-refractivity contribution is -0.167. The summed E-state index contributed by atoms with van der Waals surface area (Å²) in [5.74, 6) is 1.51. The van der Waals surface area contributed by atoms with Gasteiger partial charge in [0.15, 0.2) is 6.10 Å². The highest BCUT2D eigenvalue weighted by atomic mass is 16.6. The predicted octanol–water partition coefficient (Wildman–Crippen LogP) is 14.0. The maximum Gasteiger partial charge on any atom is 0.306 e. The molecule has 0 aliphatic rings. The molecule has 0 saturated heterocycles. The average molecular weight is 737 g/mol. The van der Waals surface area contributed by atoms with Crippen molar-refractivity contribution in [2.24, 2.45) is 17.8 Å². The SMILES string of the molecule is CC(C)CCCCCCCCCCCCCCC(=O)O[C@@H](COC(=O)CCCCCCCCCC(C)C)COC(=O)CCCCCCCCC(C)C. The first-order valence-electron chi connectivity index (χ1n) is 22.6. The van der Waals surface area contributed by atoms with E-state index in [4.69, 9.17) is 14.2 Å². The maximum atomic E-state index is 12.7. The molecule has 0 aliphatic carbocycles. The summed E-state index contributed by atoms with van der Waals surface area (Å²) < 4.78 is 16.7. The Balaban J connectivity index is 4.32. The van der Waals surface area contributed by atoms with E-state index in [0.29, 0.717) is 19.3 Å². The van der Waals surface area contributed by atoms with Crippen LogP contribution < -0.4 is 0 Å². The molecular weight excluding hydrogens is 648 g/mol. The lowest BCUT2D eigenvalue weighted by Crippen LogP contribution is -2.30.